The van der Waals surface area contributed by atoms with Gasteiger partial charge in [-0.2, -0.15) is 0 Å². The average Bonchev–Trinajstić information content (AvgIpc) is 3.04. The van der Waals surface area contributed by atoms with Gasteiger partial charge in [0, 0.05) is 19.3 Å². The minimum Gasteiger partial charge on any atom is -0.481 e. The molecule has 11 nitrogen and oxygen atoms in total. The molecule has 262 valence electrons. The van der Waals surface area contributed by atoms with Crippen LogP contribution in [0.1, 0.15) is 96.0 Å². The van der Waals surface area contributed by atoms with E-state index in [0.717, 1.165) is 51.0 Å². The van der Waals surface area contributed by atoms with Gasteiger partial charge in [0.25, 0.3) is 0 Å². The molecule has 2 aromatic rings. The summed E-state index contributed by atoms with van der Waals surface area (Å²) in [5.41, 5.74) is -2.49. The molecule has 1 amide bonds. The summed E-state index contributed by atoms with van der Waals surface area (Å²) in [4.78, 5) is 61.0. The second kappa shape index (κ2) is 21.4. The predicted molar refractivity (Wildman–Crippen MR) is 180 cm³/mol. The van der Waals surface area contributed by atoms with Gasteiger partial charge < -0.3 is 30.5 Å². The van der Waals surface area contributed by atoms with E-state index < -0.39 is 47.8 Å². The largest absolute Gasteiger partial charge is 0.481 e. The Balaban J connectivity index is 2.00. The van der Waals surface area contributed by atoms with Crippen molar-refractivity contribution < 1.29 is 49.1 Å². The normalized spacial score (nSPS) is 13.7. The van der Waals surface area contributed by atoms with Crippen LogP contribution < -0.4 is 10.1 Å². The molecule has 3 atom stereocenters. The zero-order valence-corrected chi connectivity index (χ0v) is 27.6. The van der Waals surface area contributed by atoms with Gasteiger partial charge in [-0.3, -0.25) is 14.4 Å². The van der Waals surface area contributed by atoms with E-state index in [4.69, 9.17) is 4.74 Å². The SMILES string of the molecule is CCCCCCCC(=O)CCCCCC/C=C/C(C(=O)NC(Cc1ccc(Oc2ccccc2)cc1)C(=O)O)C(O)(CC(=O)O)C(=O)O. The zero-order chi connectivity index (χ0) is 35.4. The molecule has 0 heterocycles. The van der Waals surface area contributed by atoms with E-state index in [1.54, 1.807) is 36.4 Å². The number of benzene rings is 2. The first-order valence-corrected chi connectivity index (χ1v) is 16.7. The van der Waals surface area contributed by atoms with Crippen LogP contribution in [0.5, 0.6) is 11.5 Å². The number of amides is 1. The molecule has 0 aromatic heterocycles. The Morgan fingerprint density at radius 2 is 1.38 bits per heavy atom. The van der Waals surface area contributed by atoms with Crippen molar-refractivity contribution >= 4 is 29.6 Å². The number of hydrogen-bond donors (Lipinski definition) is 5. The van der Waals surface area contributed by atoms with Crippen molar-refractivity contribution in [2.75, 3.05) is 0 Å². The Labute approximate surface area is 282 Å². The number of aliphatic hydroxyl groups is 1. The van der Waals surface area contributed by atoms with Gasteiger partial charge in [0.15, 0.2) is 5.60 Å². The summed E-state index contributed by atoms with van der Waals surface area (Å²) in [6.07, 6.45) is 11.2. The number of allylic oxidation sites excluding steroid dienone is 1. The molecular weight excluding hydrogens is 618 g/mol. The van der Waals surface area contributed by atoms with Gasteiger partial charge in [0.1, 0.15) is 23.3 Å². The predicted octanol–water partition coefficient (Wildman–Crippen LogP) is 6.32. The Morgan fingerprint density at radius 1 is 0.792 bits per heavy atom. The Kier molecular flexibility index (Phi) is 17.7. The number of nitrogens with one attached hydrogen (secondary N) is 1. The van der Waals surface area contributed by atoms with Gasteiger partial charge in [-0.05, 0) is 55.5 Å². The van der Waals surface area contributed by atoms with Crippen LogP contribution in [-0.2, 0) is 30.4 Å². The lowest BCUT2D eigenvalue weighted by Gasteiger charge is -2.29. The fourth-order valence-electron chi connectivity index (χ4n) is 5.25. The molecule has 0 aliphatic heterocycles. The van der Waals surface area contributed by atoms with E-state index in [1.165, 1.54) is 12.5 Å². The highest BCUT2D eigenvalue weighted by molar-refractivity contribution is 5.94. The van der Waals surface area contributed by atoms with Gasteiger partial charge >= 0.3 is 17.9 Å². The topological polar surface area (TPSA) is 188 Å². The van der Waals surface area contributed by atoms with Gasteiger partial charge in [0.05, 0.1) is 12.3 Å². The summed E-state index contributed by atoms with van der Waals surface area (Å²) in [6.45, 7) is 2.15. The molecule has 0 fully saturated rings. The molecule has 0 aliphatic rings. The highest BCUT2D eigenvalue weighted by Gasteiger charge is 2.49. The summed E-state index contributed by atoms with van der Waals surface area (Å²) in [7, 11) is 0. The van der Waals surface area contributed by atoms with Crippen LogP contribution in [0.4, 0.5) is 0 Å². The molecule has 5 N–H and O–H groups in total. The van der Waals surface area contributed by atoms with Crippen molar-refractivity contribution in [3.63, 3.8) is 0 Å². The third-order valence-corrected chi connectivity index (χ3v) is 8.01. The molecule has 2 rings (SSSR count). The third-order valence-electron chi connectivity index (χ3n) is 8.01. The number of ketones is 1. The standard InChI is InChI=1S/C37H49NO10/c1-2-3-4-7-11-16-28(39)17-12-8-5-6-9-15-20-31(37(47,36(45)46)26-33(40)41)34(42)38-32(35(43)44)25-27-21-23-30(24-22-27)48-29-18-13-10-14-19-29/h10,13-15,18-24,31-32,47H,2-9,11-12,16-17,25-26H2,1H3,(H,38,42)(H,40,41)(H,43,44)(H,45,46)/b20-15+. The van der Waals surface area contributed by atoms with Crippen molar-refractivity contribution in [1.29, 1.82) is 0 Å². The number of aliphatic carboxylic acids is 3. The number of carbonyl (C=O) groups excluding carboxylic acids is 2. The lowest BCUT2D eigenvalue weighted by Crippen LogP contribution is -2.55. The van der Waals surface area contributed by atoms with Crippen molar-refractivity contribution in [1.82, 2.24) is 5.32 Å². The monoisotopic (exact) mass is 667 g/mol. The number of rotatable bonds is 25. The Hall–Kier alpha value is -4.51. The fraction of sp³-hybridized carbons (Fsp3) is 0.486. The lowest BCUT2D eigenvalue weighted by atomic mass is 9.82. The maximum absolute atomic E-state index is 13.3. The second-order valence-corrected chi connectivity index (χ2v) is 12.0. The van der Waals surface area contributed by atoms with E-state index in [0.29, 0.717) is 42.7 Å². The molecule has 2 aromatic carbocycles. The molecule has 48 heavy (non-hydrogen) atoms. The average molecular weight is 668 g/mol. The number of hydrogen-bond acceptors (Lipinski definition) is 7. The van der Waals surface area contributed by atoms with E-state index in [1.807, 2.05) is 18.2 Å². The van der Waals surface area contributed by atoms with Gasteiger partial charge in [-0.1, -0.05) is 87.9 Å². The molecule has 0 saturated carbocycles. The van der Waals surface area contributed by atoms with Crippen LogP contribution in [0.15, 0.2) is 66.7 Å². The number of carboxylic acid groups (broad SMARTS) is 3. The number of ether oxygens (including phenoxy) is 1. The van der Waals surface area contributed by atoms with Crippen LogP contribution in [-0.4, -0.2) is 61.7 Å². The molecule has 0 bridgehead atoms. The van der Waals surface area contributed by atoms with Gasteiger partial charge in [-0.15, -0.1) is 0 Å². The highest BCUT2D eigenvalue weighted by Crippen LogP contribution is 2.26. The summed E-state index contributed by atoms with van der Waals surface area (Å²) >= 11 is 0. The van der Waals surface area contributed by atoms with Gasteiger partial charge in [-0.25, -0.2) is 9.59 Å². The molecule has 11 heteroatoms. The Bertz CT molecular complexity index is 1340. The number of Topliss-reactive ketones (excluding diaryl/α,β-unsaturated/α-hetero) is 1. The number of para-hydroxylation sites is 1. The fourth-order valence-corrected chi connectivity index (χ4v) is 5.25. The van der Waals surface area contributed by atoms with Crippen molar-refractivity contribution in [3.8, 4) is 11.5 Å². The number of unbranched alkanes of at least 4 members (excludes halogenated alkanes) is 8. The summed E-state index contributed by atoms with van der Waals surface area (Å²) in [6, 6.07) is 14.1. The number of carboxylic acids is 3. The molecule has 0 saturated heterocycles. The van der Waals surface area contributed by atoms with Crippen molar-refractivity contribution in [2.24, 2.45) is 5.92 Å². The van der Waals surface area contributed by atoms with Crippen LogP contribution in [0.2, 0.25) is 0 Å². The van der Waals surface area contributed by atoms with Gasteiger partial charge in [0.2, 0.25) is 5.91 Å². The first-order valence-electron chi connectivity index (χ1n) is 16.7. The maximum Gasteiger partial charge on any atom is 0.337 e. The van der Waals surface area contributed by atoms with E-state index >= 15 is 0 Å². The quantitative estimate of drug-likeness (QED) is 0.0592. The first-order chi connectivity index (χ1) is 23.0. The number of carbonyl (C=O) groups is 5. The minimum absolute atomic E-state index is 0.172. The molecule has 3 unspecified atom stereocenters. The molecule has 0 radical (unpaired) electrons. The zero-order valence-electron chi connectivity index (χ0n) is 27.6. The van der Waals surface area contributed by atoms with Crippen molar-refractivity contribution in [2.45, 2.75) is 108 Å². The Morgan fingerprint density at radius 3 is 1.94 bits per heavy atom. The molecular formula is C37H49NO10. The molecule has 0 spiro atoms. The van der Waals surface area contributed by atoms with Crippen LogP contribution >= 0.6 is 0 Å². The van der Waals surface area contributed by atoms with Crippen LogP contribution in [0.25, 0.3) is 0 Å². The summed E-state index contributed by atoms with van der Waals surface area (Å²) in [5.74, 6) is -6.61. The smallest absolute Gasteiger partial charge is 0.337 e. The van der Waals surface area contributed by atoms with E-state index in [-0.39, 0.29) is 12.2 Å². The lowest BCUT2D eigenvalue weighted by molar-refractivity contribution is -0.172. The van der Waals surface area contributed by atoms with E-state index in [2.05, 4.69) is 12.2 Å². The minimum atomic E-state index is -3.03. The van der Waals surface area contributed by atoms with Crippen LogP contribution in [0.3, 0.4) is 0 Å². The van der Waals surface area contributed by atoms with E-state index in [9.17, 15) is 44.4 Å². The van der Waals surface area contributed by atoms with Crippen molar-refractivity contribution in [3.05, 3.63) is 72.3 Å². The second-order valence-electron chi connectivity index (χ2n) is 12.0. The van der Waals surface area contributed by atoms with Crippen LogP contribution in [0, 0.1) is 5.92 Å². The first kappa shape index (κ1) is 39.7. The third kappa shape index (κ3) is 14.5. The maximum atomic E-state index is 13.3. The molecule has 0 aliphatic carbocycles. The highest BCUT2D eigenvalue weighted by atomic mass is 16.5. The summed E-state index contributed by atoms with van der Waals surface area (Å²) < 4.78 is 5.74. The summed E-state index contributed by atoms with van der Waals surface area (Å²) in [5, 5.41) is 42.1.